The zero-order chi connectivity index (χ0) is 15.8. The van der Waals surface area contributed by atoms with Crippen molar-refractivity contribution >= 4 is 33.0 Å². The summed E-state index contributed by atoms with van der Waals surface area (Å²) in [4.78, 5) is -0.300. The van der Waals surface area contributed by atoms with Gasteiger partial charge < -0.3 is 5.73 Å². The standard InChI is InChI=1S/C12H8ClF3N2O2S/c13-7-5-6(1-3-9(7)17)21(19,20)18-10-4-2-8(14)11(15)12(10)16/h1-5,18H,17H2. The van der Waals surface area contributed by atoms with E-state index in [0.29, 0.717) is 6.07 Å². The Kier molecular flexibility index (Phi) is 4.02. The molecule has 0 bridgehead atoms. The van der Waals surface area contributed by atoms with Crippen LogP contribution in [0.4, 0.5) is 24.5 Å². The molecule has 3 N–H and O–H groups in total. The summed E-state index contributed by atoms with van der Waals surface area (Å²) >= 11 is 5.70. The molecular formula is C12H8ClF3N2O2S. The molecule has 0 fully saturated rings. The Morgan fingerprint density at radius 3 is 2.33 bits per heavy atom. The van der Waals surface area contributed by atoms with Crippen LogP contribution < -0.4 is 10.5 Å². The van der Waals surface area contributed by atoms with Gasteiger partial charge in [0.25, 0.3) is 10.0 Å². The third-order valence-corrected chi connectivity index (χ3v) is 4.25. The monoisotopic (exact) mass is 336 g/mol. The number of sulfonamides is 1. The van der Waals surface area contributed by atoms with E-state index in [2.05, 4.69) is 0 Å². The summed E-state index contributed by atoms with van der Waals surface area (Å²) in [6, 6.07) is 4.81. The lowest BCUT2D eigenvalue weighted by atomic mass is 10.3. The summed E-state index contributed by atoms with van der Waals surface area (Å²) in [5.74, 6) is -4.84. The maximum atomic E-state index is 13.5. The Hall–Kier alpha value is -1.93. The molecule has 0 unspecified atom stereocenters. The second kappa shape index (κ2) is 5.45. The minimum Gasteiger partial charge on any atom is -0.398 e. The Balaban J connectivity index is 2.42. The summed E-state index contributed by atoms with van der Waals surface area (Å²) in [5.41, 5.74) is 4.89. The van der Waals surface area contributed by atoms with E-state index >= 15 is 0 Å². The lowest BCUT2D eigenvalue weighted by molar-refractivity contribution is 0.449. The molecule has 2 aromatic rings. The van der Waals surface area contributed by atoms with Gasteiger partial charge in [-0.25, -0.2) is 21.6 Å². The molecule has 0 aliphatic heterocycles. The molecule has 2 rings (SSSR count). The smallest absolute Gasteiger partial charge is 0.262 e. The molecule has 0 radical (unpaired) electrons. The number of halogens is 4. The van der Waals surface area contributed by atoms with Crippen LogP contribution in [0.2, 0.25) is 5.02 Å². The summed E-state index contributed by atoms with van der Waals surface area (Å²) < 4.78 is 65.2. The van der Waals surface area contributed by atoms with Crippen LogP contribution in [0.3, 0.4) is 0 Å². The molecular weight excluding hydrogens is 329 g/mol. The molecule has 21 heavy (non-hydrogen) atoms. The Labute approximate surface area is 123 Å². The molecule has 9 heteroatoms. The number of benzene rings is 2. The van der Waals surface area contributed by atoms with Crippen LogP contribution in [-0.4, -0.2) is 8.42 Å². The number of nitrogens with two attached hydrogens (primary N) is 1. The van der Waals surface area contributed by atoms with Crippen LogP contribution >= 0.6 is 11.6 Å². The van der Waals surface area contributed by atoms with Gasteiger partial charge in [-0.1, -0.05) is 11.6 Å². The van der Waals surface area contributed by atoms with Gasteiger partial charge in [0.05, 0.1) is 21.3 Å². The van der Waals surface area contributed by atoms with E-state index in [9.17, 15) is 21.6 Å². The normalized spacial score (nSPS) is 11.4. The average Bonchev–Trinajstić information content (AvgIpc) is 2.42. The first-order valence-electron chi connectivity index (χ1n) is 5.43. The zero-order valence-electron chi connectivity index (χ0n) is 10.2. The van der Waals surface area contributed by atoms with Crippen molar-refractivity contribution < 1.29 is 21.6 Å². The Morgan fingerprint density at radius 1 is 1.05 bits per heavy atom. The molecule has 0 spiro atoms. The van der Waals surface area contributed by atoms with Crippen molar-refractivity contribution in [3.05, 3.63) is 52.8 Å². The minimum absolute atomic E-state index is 0.0105. The van der Waals surface area contributed by atoms with Crippen molar-refractivity contribution in [1.29, 1.82) is 0 Å². The van der Waals surface area contributed by atoms with Gasteiger partial charge in [0.2, 0.25) is 0 Å². The van der Waals surface area contributed by atoms with Crippen LogP contribution in [0.1, 0.15) is 0 Å². The fourth-order valence-corrected chi connectivity index (χ4v) is 2.81. The highest BCUT2D eigenvalue weighted by Crippen LogP contribution is 2.26. The third-order valence-electron chi connectivity index (χ3n) is 2.56. The highest BCUT2D eigenvalue weighted by Gasteiger charge is 2.20. The first-order chi connectivity index (χ1) is 9.72. The van der Waals surface area contributed by atoms with Crippen molar-refractivity contribution in [3.63, 3.8) is 0 Å². The molecule has 0 aliphatic carbocycles. The van der Waals surface area contributed by atoms with E-state index < -0.39 is 33.2 Å². The number of rotatable bonds is 3. The first kappa shape index (κ1) is 15.5. The number of nitrogen functional groups attached to an aromatic ring is 1. The highest BCUT2D eigenvalue weighted by atomic mass is 35.5. The first-order valence-corrected chi connectivity index (χ1v) is 7.30. The molecule has 0 aromatic heterocycles. The SMILES string of the molecule is Nc1ccc(S(=O)(=O)Nc2ccc(F)c(F)c2F)cc1Cl. The van der Waals surface area contributed by atoms with Crippen molar-refractivity contribution in [2.75, 3.05) is 10.5 Å². The largest absolute Gasteiger partial charge is 0.398 e. The van der Waals surface area contributed by atoms with Gasteiger partial charge in [-0.05, 0) is 30.3 Å². The molecule has 2 aromatic carbocycles. The molecule has 0 heterocycles. The number of hydrogen-bond donors (Lipinski definition) is 2. The number of anilines is 2. The quantitative estimate of drug-likeness (QED) is 0.668. The predicted octanol–water partition coefficient (Wildman–Crippen LogP) is 3.14. The summed E-state index contributed by atoms with van der Waals surface area (Å²) in [6.07, 6.45) is 0. The lowest BCUT2D eigenvalue weighted by Gasteiger charge is -2.10. The van der Waals surface area contributed by atoms with Crippen molar-refractivity contribution in [3.8, 4) is 0 Å². The number of nitrogens with one attached hydrogen (secondary N) is 1. The van der Waals surface area contributed by atoms with Gasteiger partial charge in [-0.2, -0.15) is 0 Å². The lowest BCUT2D eigenvalue weighted by Crippen LogP contribution is -2.15. The van der Waals surface area contributed by atoms with Gasteiger partial charge in [0.15, 0.2) is 17.5 Å². The van der Waals surface area contributed by atoms with Gasteiger partial charge >= 0.3 is 0 Å². The van der Waals surface area contributed by atoms with E-state index in [-0.39, 0.29) is 15.6 Å². The second-order valence-electron chi connectivity index (χ2n) is 4.01. The van der Waals surface area contributed by atoms with Gasteiger partial charge in [-0.15, -0.1) is 0 Å². The molecule has 0 saturated heterocycles. The summed E-state index contributed by atoms with van der Waals surface area (Å²) in [5, 5.41) is -0.0105. The van der Waals surface area contributed by atoms with E-state index in [1.807, 2.05) is 4.72 Å². The zero-order valence-corrected chi connectivity index (χ0v) is 11.8. The van der Waals surface area contributed by atoms with E-state index in [4.69, 9.17) is 17.3 Å². The molecule has 4 nitrogen and oxygen atoms in total. The Morgan fingerprint density at radius 2 is 1.71 bits per heavy atom. The Bertz CT molecular complexity index is 812. The van der Waals surface area contributed by atoms with Gasteiger partial charge in [0, 0.05) is 0 Å². The van der Waals surface area contributed by atoms with Crippen LogP contribution in [0, 0.1) is 17.5 Å². The maximum Gasteiger partial charge on any atom is 0.262 e. The average molecular weight is 337 g/mol. The molecule has 0 amide bonds. The van der Waals surface area contributed by atoms with Crippen LogP contribution in [0.25, 0.3) is 0 Å². The van der Waals surface area contributed by atoms with Gasteiger partial charge in [-0.3, -0.25) is 4.72 Å². The van der Waals surface area contributed by atoms with E-state index in [1.54, 1.807) is 0 Å². The van der Waals surface area contributed by atoms with E-state index in [1.165, 1.54) is 6.07 Å². The molecule has 0 saturated carbocycles. The number of hydrogen-bond acceptors (Lipinski definition) is 3. The topological polar surface area (TPSA) is 72.2 Å². The molecule has 0 atom stereocenters. The fourth-order valence-electron chi connectivity index (χ4n) is 1.48. The summed E-state index contributed by atoms with van der Waals surface area (Å²) in [7, 11) is -4.22. The van der Waals surface area contributed by atoms with Crippen molar-refractivity contribution in [2.45, 2.75) is 4.90 Å². The fraction of sp³-hybridized carbons (Fsp3) is 0. The molecule has 0 aliphatic rings. The van der Waals surface area contributed by atoms with Crippen molar-refractivity contribution in [2.24, 2.45) is 0 Å². The third kappa shape index (κ3) is 3.06. The van der Waals surface area contributed by atoms with E-state index in [0.717, 1.165) is 18.2 Å². The van der Waals surface area contributed by atoms with Crippen LogP contribution in [-0.2, 0) is 10.0 Å². The highest BCUT2D eigenvalue weighted by molar-refractivity contribution is 7.92. The van der Waals surface area contributed by atoms with Crippen LogP contribution in [0.5, 0.6) is 0 Å². The summed E-state index contributed by atoms with van der Waals surface area (Å²) in [6.45, 7) is 0. The van der Waals surface area contributed by atoms with Crippen molar-refractivity contribution in [1.82, 2.24) is 0 Å². The van der Waals surface area contributed by atoms with Gasteiger partial charge in [0.1, 0.15) is 0 Å². The maximum absolute atomic E-state index is 13.5. The molecule has 112 valence electrons. The second-order valence-corrected chi connectivity index (χ2v) is 6.10. The predicted molar refractivity (Wildman–Crippen MR) is 73.0 cm³/mol. The minimum atomic E-state index is -4.22. The van der Waals surface area contributed by atoms with Crippen LogP contribution in [0.15, 0.2) is 35.2 Å².